The number of fused-ring (bicyclic) bond motifs is 3. The van der Waals surface area contributed by atoms with Crippen LogP contribution in [0.15, 0.2) is 41.6 Å². The second-order valence-corrected chi connectivity index (χ2v) is 4.99. The van der Waals surface area contributed by atoms with Crippen LogP contribution in [0.4, 0.5) is 0 Å². The van der Waals surface area contributed by atoms with E-state index in [1.165, 1.54) is 0 Å². The lowest BCUT2D eigenvalue weighted by atomic mass is 10.1. The highest BCUT2D eigenvalue weighted by Crippen LogP contribution is 2.29. The van der Waals surface area contributed by atoms with Crippen LogP contribution in [0.3, 0.4) is 0 Å². The van der Waals surface area contributed by atoms with Crippen LogP contribution in [0.5, 0.6) is 0 Å². The van der Waals surface area contributed by atoms with Crippen LogP contribution < -0.4 is 0 Å². The molecule has 0 saturated heterocycles. The molecule has 0 aliphatic carbocycles. The number of aromatic nitrogens is 2. The second-order valence-electron chi connectivity index (χ2n) is 4.63. The van der Waals surface area contributed by atoms with E-state index < -0.39 is 0 Å². The van der Waals surface area contributed by atoms with Gasteiger partial charge in [0.25, 0.3) is 0 Å². The van der Waals surface area contributed by atoms with Gasteiger partial charge in [-0.2, -0.15) is 5.10 Å². The third-order valence-electron chi connectivity index (χ3n) is 3.01. The fourth-order valence-electron chi connectivity index (χ4n) is 2.15. The minimum Gasteiger partial charge on any atom is -0.303 e. The lowest BCUT2D eigenvalue weighted by Crippen LogP contribution is -2.03. The number of para-hydroxylation sites is 1. The molecule has 0 radical (unpaired) electrons. The molecule has 0 atom stereocenters. The third-order valence-corrected chi connectivity index (χ3v) is 3.29. The first kappa shape index (κ1) is 12.8. The summed E-state index contributed by atoms with van der Waals surface area (Å²) in [6.07, 6.45) is 3.42. The van der Waals surface area contributed by atoms with Crippen molar-refractivity contribution < 1.29 is 0 Å². The van der Waals surface area contributed by atoms with E-state index in [1.807, 2.05) is 44.4 Å². The quantitative estimate of drug-likeness (QED) is 0.314. The monoisotopic (exact) mass is 284 g/mol. The maximum Gasteiger partial charge on any atom is 0.139 e. The zero-order chi connectivity index (χ0) is 14.1. The van der Waals surface area contributed by atoms with Crippen molar-refractivity contribution in [3.8, 4) is 0 Å². The van der Waals surface area contributed by atoms with Gasteiger partial charge in [-0.3, -0.25) is 0 Å². The molecule has 2 aromatic heterocycles. The summed E-state index contributed by atoms with van der Waals surface area (Å²) in [7, 11) is 3.72. The van der Waals surface area contributed by atoms with Crippen LogP contribution in [-0.2, 0) is 0 Å². The molecule has 0 unspecified atom stereocenters. The average molecular weight is 285 g/mol. The van der Waals surface area contributed by atoms with Crippen molar-refractivity contribution in [2.24, 2.45) is 5.10 Å². The summed E-state index contributed by atoms with van der Waals surface area (Å²) in [5.41, 5.74) is 1.65. The van der Waals surface area contributed by atoms with Gasteiger partial charge in [-0.25, -0.2) is 9.97 Å². The Bertz CT molecular complexity index is 811. The van der Waals surface area contributed by atoms with E-state index in [2.05, 4.69) is 15.1 Å². The van der Waals surface area contributed by atoms with E-state index in [4.69, 9.17) is 11.6 Å². The van der Waals surface area contributed by atoms with Crippen LogP contribution in [0.2, 0.25) is 5.15 Å². The molecule has 0 fully saturated rings. The van der Waals surface area contributed by atoms with E-state index in [9.17, 15) is 0 Å². The Morgan fingerprint density at radius 1 is 1.15 bits per heavy atom. The smallest absolute Gasteiger partial charge is 0.139 e. The van der Waals surface area contributed by atoms with E-state index >= 15 is 0 Å². The van der Waals surface area contributed by atoms with Crippen LogP contribution in [0.1, 0.15) is 5.69 Å². The van der Waals surface area contributed by atoms with Crippen LogP contribution in [0, 0.1) is 0 Å². The number of pyridine rings is 2. The van der Waals surface area contributed by atoms with Crippen LogP contribution in [0.25, 0.3) is 21.7 Å². The summed E-state index contributed by atoms with van der Waals surface area (Å²) in [6, 6.07) is 9.93. The maximum absolute atomic E-state index is 6.25. The van der Waals surface area contributed by atoms with Crippen LogP contribution >= 0.6 is 11.6 Å². The summed E-state index contributed by atoms with van der Waals surface area (Å²) >= 11 is 6.25. The fraction of sp³-hybridized carbons (Fsp3) is 0.133. The van der Waals surface area contributed by atoms with Gasteiger partial charge in [-0.15, -0.1) is 0 Å². The first-order valence-electron chi connectivity index (χ1n) is 6.21. The summed E-state index contributed by atoms with van der Waals surface area (Å²) < 4.78 is 0. The van der Waals surface area contributed by atoms with Gasteiger partial charge in [0.2, 0.25) is 0 Å². The highest BCUT2D eigenvalue weighted by molar-refractivity contribution is 6.36. The van der Waals surface area contributed by atoms with Gasteiger partial charge in [0.15, 0.2) is 0 Å². The van der Waals surface area contributed by atoms with Crippen molar-refractivity contribution in [2.75, 3.05) is 14.1 Å². The lowest BCUT2D eigenvalue weighted by molar-refractivity contribution is 0.440. The van der Waals surface area contributed by atoms with Gasteiger partial charge in [0, 0.05) is 31.1 Å². The van der Waals surface area contributed by atoms with Crippen molar-refractivity contribution in [1.29, 1.82) is 0 Å². The van der Waals surface area contributed by atoms with Crippen molar-refractivity contribution in [3.05, 3.63) is 47.4 Å². The second kappa shape index (κ2) is 5.06. The molecule has 0 N–H and O–H groups in total. The minimum absolute atomic E-state index is 0.445. The SMILES string of the molecule is CN(C)/N=C/c1nc2ccccc2c2ccnc(Cl)c12. The predicted octanol–water partition coefficient (Wildman–Crippen LogP) is 3.33. The first-order valence-corrected chi connectivity index (χ1v) is 6.59. The molecule has 0 aliphatic heterocycles. The van der Waals surface area contributed by atoms with Gasteiger partial charge in [0.05, 0.1) is 17.4 Å². The highest BCUT2D eigenvalue weighted by Gasteiger charge is 2.10. The Labute approximate surface area is 121 Å². The van der Waals surface area contributed by atoms with E-state index in [1.54, 1.807) is 17.4 Å². The Morgan fingerprint density at radius 3 is 2.75 bits per heavy atom. The molecule has 100 valence electrons. The maximum atomic E-state index is 6.25. The van der Waals surface area contributed by atoms with Crippen molar-refractivity contribution >= 4 is 39.5 Å². The number of benzene rings is 1. The molecule has 0 saturated carbocycles. The van der Waals surface area contributed by atoms with Gasteiger partial charge in [0.1, 0.15) is 5.15 Å². The van der Waals surface area contributed by atoms with Gasteiger partial charge in [-0.1, -0.05) is 29.8 Å². The zero-order valence-electron chi connectivity index (χ0n) is 11.2. The molecule has 4 nitrogen and oxygen atoms in total. The van der Waals surface area contributed by atoms with Gasteiger partial charge in [-0.05, 0) is 17.5 Å². The number of rotatable bonds is 2. The largest absolute Gasteiger partial charge is 0.303 e. The predicted molar refractivity (Wildman–Crippen MR) is 83.3 cm³/mol. The standard InChI is InChI=1S/C15H13ClN4/c1-20(2)18-9-13-14-11(7-8-17-15(14)16)10-5-3-4-6-12(10)19-13/h3-9H,1-2H3/b18-9+. The van der Waals surface area contributed by atoms with Crippen LogP contribution in [-0.4, -0.2) is 35.3 Å². The van der Waals surface area contributed by atoms with E-state index in [0.29, 0.717) is 5.15 Å². The van der Waals surface area contributed by atoms with Gasteiger partial charge >= 0.3 is 0 Å². The van der Waals surface area contributed by atoms with Gasteiger partial charge < -0.3 is 5.01 Å². The summed E-state index contributed by atoms with van der Waals surface area (Å²) in [5.74, 6) is 0. The molecule has 5 heteroatoms. The average Bonchev–Trinajstić information content (AvgIpc) is 2.45. The van der Waals surface area contributed by atoms with E-state index in [0.717, 1.165) is 27.4 Å². The molecule has 3 rings (SSSR count). The Hall–Kier alpha value is -2.20. The lowest BCUT2D eigenvalue weighted by Gasteiger charge is -2.08. The van der Waals surface area contributed by atoms with Crippen molar-refractivity contribution in [2.45, 2.75) is 0 Å². The molecule has 0 bridgehead atoms. The topological polar surface area (TPSA) is 41.4 Å². The number of hydrogen-bond donors (Lipinski definition) is 0. The Balaban J connectivity index is 2.42. The molecule has 2 heterocycles. The van der Waals surface area contributed by atoms with E-state index in [-0.39, 0.29) is 0 Å². The molecule has 20 heavy (non-hydrogen) atoms. The third kappa shape index (κ3) is 2.18. The Morgan fingerprint density at radius 2 is 1.95 bits per heavy atom. The first-order chi connectivity index (χ1) is 9.66. The molecule has 0 amide bonds. The highest BCUT2D eigenvalue weighted by atomic mass is 35.5. The molecule has 1 aromatic carbocycles. The number of halogens is 1. The fourth-order valence-corrected chi connectivity index (χ4v) is 2.41. The number of hydrogen-bond acceptors (Lipinski definition) is 4. The summed E-state index contributed by atoms with van der Waals surface area (Å²) in [6.45, 7) is 0. The molecule has 3 aromatic rings. The molecule has 0 spiro atoms. The number of hydrazone groups is 1. The summed E-state index contributed by atoms with van der Waals surface area (Å²) in [4.78, 5) is 8.79. The van der Waals surface area contributed by atoms with Crippen molar-refractivity contribution in [3.63, 3.8) is 0 Å². The normalized spacial score (nSPS) is 11.6. The van der Waals surface area contributed by atoms with Crippen molar-refractivity contribution in [1.82, 2.24) is 15.0 Å². The summed E-state index contributed by atoms with van der Waals surface area (Å²) in [5, 5.41) is 9.35. The minimum atomic E-state index is 0.445. The zero-order valence-corrected chi connectivity index (χ0v) is 12.0. The molecule has 0 aliphatic rings. The number of nitrogens with zero attached hydrogens (tertiary/aromatic N) is 4. The Kier molecular flexibility index (Phi) is 3.24. The molecular weight excluding hydrogens is 272 g/mol. The molecular formula is C15H13ClN4.